The number of alkyl halides is 1. The summed E-state index contributed by atoms with van der Waals surface area (Å²) in [6, 6.07) is 10.5. The molecule has 1 aromatic heterocycles. The Morgan fingerprint density at radius 3 is 2.50 bits per heavy atom. The van der Waals surface area contributed by atoms with E-state index in [1.54, 1.807) is 6.20 Å². The summed E-state index contributed by atoms with van der Waals surface area (Å²) < 4.78 is 0. The average molecular weight is 261 g/mol. The summed E-state index contributed by atoms with van der Waals surface area (Å²) >= 11 is 5.75. The second-order valence-electron chi connectivity index (χ2n) is 4.42. The first-order chi connectivity index (χ1) is 8.74. The maximum absolute atomic E-state index is 5.75. The smallest absolute Gasteiger partial charge is 0.143 e. The van der Waals surface area contributed by atoms with Crippen LogP contribution in [0, 0.1) is 0 Å². The first-order valence-electron chi connectivity index (χ1n) is 6.22. The summed E-state index contributed by atoms with van der Waals surface area (Å²) in [5, 5.41) is 0. The van der Waals surface area contributed by atoms with Crippen LogP contribution in [0.2, 0.25) is 0 Å². The van der Waals surface area contributed by atoms with E-state index in [-0.39, 0.29) is 0 Å². The Morgan fingerprint density at radius 1 is 1.17 bits per heavy atom. The normalized spacial score (nSPS) is 12.4. The minimum atomic E-state index is 0.346. The van der Waals surface area contributed by atoms with Crippen molar-refractivity contribution >= 4 is 11.6 Å². The highest BCUT2D eigenvalue weighted by Crippen LogP contribution is 2.23. The first-order valence-corrected chi connectivity index (χ1v) is 6.76. The van der Waals surface area contributed by atoms with Crippen LogP contribution in [0.15, 0.2) is 36.5 Å². The summed E-state index contributed by atoms with van der Waals surface area (Å²) in [6.45, 7) is 4.45. The van der Waals surface area contributed by atoms with Crippen molar-refractivity contribution in [2.24, 2.45) is 0 Å². The molecule has 3 heteroatoms. The molecule has 0 bridgehead atoms. The Labute approximate surface area is 113 Å². The van der Waals surface area contributed by atoms with Crippen molar-refractivity contribution in [1.82, 2.24) is 9.97 Å². The molecule has 0 aliphatic heterocycles. The van der Waals surface area contributed by atoms with Crippen LogP contribution in [0.4, 0.5) is 0 Å². The van der Waals surface area contributed by atoms with Gasteiger partial charge in [0.1, 0.15) is 5.82 Å². The van der Waals surface area contributed by atoms with Gasteiger partial charge in [-0.05, 0) is 24.0 Å². The highest BCUT2D eigenvalue weighted by atomic mass is 35.5. The second-order valence-corrected chi connectivity index (χ2v) is 4.69. The van der Waals surface area contributed by atoms with Gasteiger partial charge in [0.15, 0.2) is 0 Å². The standard InChI is InChI=1S/C15H17ClN2/c1-3-11(2)12-4-6-13(7-5-12)14-8-9-17-15(10-16)18-14/h4-9,11H,3,10H2,1-2H3. The average Bonchev–Trinajstić information content (AvgIpc) is 2.46. The molecule has 2 aromatic rings. The number of aromatic nitrogens is 2. The molecule has 18 heavy (non-hydrogen) atoms. The molecule has 1 heterocycles. The third-order valence-corrected chi connectivity index (χ3v) is 3.45. The molecular weight excluding hydrogens is 244 g/mol. The fraction of sp³-hybridized carbons (Fsp3) is 0.333. The lowest BCUT2D eigenvalue weighted by Gasteiger charge is -2.09. The summed E-state index contributed by atoms with van der Waals surface area (Å²) in [7, 11) is 0. The Balaban J connectivity index is 2.28. The Hall–Kier alpha value is -1.41. The molecule has 0 saturated carbocycles. The Bertz CT molecular complexity index is 508. The van der Waals surface area contributed by atoms with Gasteiger partial charge in [-0.25, -0.2) is 9.97 Å². The molecule has 1 aromatic carbocycles. The van der Waals surface area contributed by atoms with E-state index in [1.807, 2.05) is 6.07 Å². The van der Waals surface area contributed by atoms with Crippen LogP contribution in [0.5, 0.6) is 0 Å². The minimum Gasteiger partial charge on any atom is -0.240 e. The molecular formula is C15H17ClN2. The fourth-order valence-corrected chi connectivity index (χ4v) is 1.97. The minimum absolute atomic E-state index is 0.346. The van der Waals surface area contributed by atoms with Gasteiger partial charge in [-0.3, -0.25) is 0 Å². The van der Waals surface area contributed by atoms with E-state index in [4.69, 9.17) is 11.6 Å². The van der Waals surface area contributed by atoms with E-state index in [1.165, 1.54) is 5.56 Å². The van der Waals surface area contributed by atoms with E-state index >= 15 is 0 Å². The first kappa shape index (κ1) is 13.0. The number of halogens is 1. The third-order valence-electron chi connectivity index (χ3n) is 3.21. The Kier molecular flexibility index (Phi) is 4.32. The molecule has 2 rings (SSSR count). The molecule has 0 amide bonds. The van der Waals surface area contributed by atoms with Crippen LogP contribution in [0.3, 0.4) is 0 Å². The van der Waals surface area contributed by atoms with Gasteiger partial charge in [0.2, 0.25) is 0 Å². The van der Waals surface area contributed by atoms with Gasteiger partial charge in [-0.1, -0.05) is 38.1 Å². The van der Waals surface area contributed by atoms with Gasteiger partial charge in [-0.2, -0.15) is 0 Å². The maximum atomic E-state index is 5.75. The molecule has 0 N–H and O–H groups in total. The zero-order valence-corrected chi connectivity index (χ0v) is 11.5. The van der Waals surface area contributed by atoms with E-state index in [2.05, 4.69) is 48.1 Å². The quantitative estimate of drug-likeness (QED) is 0.762. The molecule has 0 fully saturated rings. The summed E-state index contributed by atoms with van der Waals surface area (Å²) in [5.74, 6) is 1.61. The molecule has 1 atom stereocenters. The van der Waals surface area contributed by atoms with Crippen LogP contribution in [0.1, 0.15) is 37.6 Å². The molecule has 0 spiro atoms. The number of hydrogen-bond acceptors (Lipinski definition) is 2. The van der Waals surface area contributed by atoms with Gasteiger partial charge in [-0.15, -0.1) is 11.6 Å². The summed E-state index contributed by atoms with van der Waals surface area (Å²) in [4.78, 5) is 8.51. The molecule has 0 aliphatic carbocycles. The zero-order valence-electron chi connectivity index (χ0n) is 10.7. The molecule has 0 saturated heterocycles. The van der Waals surface area contributed by atoms with Crippen molar-refractivity contribution < 1.29 is 0 Å². The lowest BCUT2D eigenvalue weighted by atomic mass is 9.97. The summed E-state index contributed by atoms with van der Waals surface area (Å²) in [6.07, 6.45) is 2.91. The lowest BCUT2D eigenvalue weighted by molar-refractivity contribution is 0.734. The lowest BCUT2D eigenvalue weighted by Crippen LogP contribution is -1.94. The highest BCUT2D eigenvalue weighted by Gasteiger charge is 2.05. The third kappa shape index (κ3) is 2.88. The number of benzene rings is 1. The summed E-state index contributed by atoms with van der Waals surface area (Å²) in [5.41, 5.74) is 3.40. The van der Waals surface area contributed by atoms with Crippen LogP contribution >= 0.6 is 11.6 Å². The van der Waals surface area contributed by atoms with Crippen molar-refractivity contribution in [2.75, 3.05) is 0 Å². The SMILES string of the molecule is CCC(C)c1ccc(-c2ccnc(CCl)n2)cc1. The molecule has 0 aliphatic rings. The van der Waals surface area contributed by atoms with Crippen LogP contribution in [-0.4, -0.2) is 9.97 Å². The Morgan fingerprint density at radius 2 is 1.89 bits per heavy atom. The maximum Gasteiger partial charge on any atom is 0.143 e. The van der Waals surface area contributed by atoms with Crippen molar-refractivity contribution in [1.29, 1.82) is 0 Å². The van der Waals surface area contributed by atoms with Crippen LogP contribution < -0.4 is 0 Å². The van der Waals surface area contributed by atoms with E-state index in [0.29, 0.717) is 17.6 Å². The monoisotopic (exact) mass is 260 g/mol. The zero-order chi connectivity index (χ0) is 13.0. The highest BCUT2D eigenvalue weighted by molar-refractivity contribution is 6.16. The van der Waals surface area contributed by atoms with Crippen LogP contribution in [-0.2, 0) is 5.88 Å². The van der Waals surface area contributed by atoms with Crippen molar-refractivity contribution in [3.05, 3.63) is 47.9 Å². The molecule has 94 valence electrons. The predicted octanol–water partition coefficient (Wildman–Crippen LogP) is 4.40. The number of hydrogen-bond donors (Lipinski definition) is 0. The molecule has 2 nitrogen and oxygen atoms in total. The topological polar surface area (TPSA) is 25.8 Å². The van der Waals surface area contributed by atoms with Gasteiger partial charge in [0.25, 0.3) is 0 Å². The van der Waals surface area contributed by atoms with Crippen molar-refractivity contribution in [2.45, 2.75) is 32.1 Å². The largest absolute Gasteiger partial charge is 0.240 e. The number of rotatable bonds is 4. The number of nitrogens with zero attached hydrogens (tertiary/aromatic N) is 2. The van der Waals surface area contributed by atoms with E-state index in [0.717, 1.165) is 17.7 Å². The second kappa shape index (κ2) is 5.96. The fourth-order valence-electron chi connectivity index (χ4n) is 1.84. The van der Waals surface area contributed by atoms with E-state index < -0.39 is 0 Å². The molecule has 1 unspecified atom stereocenters. The van der Waals surface area contributed by atoms with Crippen molar-refractivity contribution in [3.63, 3.8) is 0 Å². The van der Waals surface area contributed by atoms with Gasteiger partial charge in [0.05, 0.1) is 11.6 Å². The van der Waals surface area contributed by atoms with Gasteiger partial charge < -0.3 is 0 Å². The van der Waals surface area contributed by atoms with E-state index in [9.17, 15) is 0 Å². The van der Waals surface area contributed by atoms with Crippen molar-refractivity contribution in [3.8, 4) is 11.3 Å². The predicted molar refractivity (Wildman–Crippen MR) is 75.7 cm³/mol. The van der Waals surface area contributed by atoms with Gasteiger partial charge >= 0.3 is 0 Å². The van der Waals surface area contributed by atoms with Crippen LogP contribution in [0.25, 0.3) is 11.3 Å². The molecule has 0 radical (unpaired) electrons. The van der Waals surface area contributed by atoms with Gasteiger partial charge in [0, 0.05) is 11.8 Å².